The molecule has 0 bridgehead atoms. The lowest BCUT2D eigenvalue weighted by Crippen LogP contribution is -2.63. The number of hydrogen-bond donors (Lipinski definition) is 1. The number of aliphatic carboxylic acids is 1. The van der Waals surface area contributed by atoms with Crippen molar-refractivity contribution in [1.29, 1.82) is 0 Å². The van der Waals surface area contributed by atoms with Gasteiger partial charge in [0.2, 0.25) is 0 Å². The van der Waals surface area contributed by atoms with Gasteiger partial charge in [0.1, 0.15) is 0 Å². The Morgan fingerprint density at radius 3 is 2.50 bits per heavy atom. The lowest BCUT2D eigenvalue weighted by atomic mass is 9.62. The molecule has 1 spiro atoms. The van der Waals surface area contributed by atoms with Crippen LogP contribution in [0.4, 0.5) is 0 Å². The summed E-state index contributed by atoms with van der Waals surface area (Å²) >= 11 is 0. The lowest BCUT2D eigenvalue weighted by molar-refractivity contribution is -0.145. The lowest BCUT2D eigenvalue weighted by Gasteiger charge is -2.59. The van der Waals surface area contributed by atoms with E-state index in [2.05, 4.69) is 4.90 Å². The SMILES string of the molecule is O=C(O)C1CCCC(N2CC3(CCC3)C2)C1. The summed E-state index contributed by atoms with van der Waals surface area (Å²) in [4.78, 5) is 13.6. The van der Waals surface area contributed by atoms with Gasteiger partial charge in [-0.2, -0.15) is 0 Å². The van der Waals surface area contributed by atoms with E-state index in [1.807, 2.05) is 0 Å². The van der Waals surface area contributed by atoms with Gasteiger partial charge >= 0.3 is 5.97 Å². The zero-order valence-corrected chi connectivity index (χ0v) is 9.82. The number of rotatable bonds is 2. The van der Waals surface area contributed by atoms with Gasteiger partial charge < -0.3 is 5.11 Å². The molecule has 3 nitrogen and oxygen atoms in total. The molecule has 0 aromatic carbocycles. The van der Waals surface area contributed by atoms with Crippen molar-refractivity contribution >= 4 is 5.97 Å². The van der Waals surface area contributed by atoms with Crippen LogP contribution >= 0.6 is 0 Å². The third kappa shape index (κ3) is 1.65. The van der Waals surface area contributed by atoms with Gasteiger partial charge in [-0.25, -0.2) is 0 Å². The highest BCUT2D eigenvalue weighted by Gasteiger charge is 2.49. The fourth-order valence-electron chi connectivity index (χ4n) is 3.79. The first-order chi connectivity index (χ1) is 7.69. The first-order valence-electron chi connectivity index (χ1n) is 6.65. The molecule has 1 heterocycles. The quantitative estimate of drug-likeness (QED) is 0.779. The van der Waals surface area contributed by atoms with Crippen LogP contribution in [0, 0.1) is 11.3 Å². The van der Waals surface area contributed by atoms with Crippen LogP contribution in [0.25, 0.3) is 0 Å². The molecule has 2 aliphatic carbocycles. The summed E-state index contributed by atoms with van der Waals surface area (Å²) in [5.74, 6) is -0.653. The van der Waals surface area contributed by atoms with Crippen LogP contribution in [0.2, 0.25) is 0 Å². The molecule has 1 saturated heterocycles. The van der Waals surface area contributed by atoms with Crippen molar-refractivity contribution in [3.8, 4) is 0 Å². The Balaban J connectivity index is 1.53. The van der Waals surface area contributed by atoms with E-state index in [0.29, 0.717) is 11.5 Å². The number of hydrogen-bond acceptors (Lipinski definition) is 2. The van der Waals surface area contributed by atoms with Gasteiger partial charge in [0, 0.05) is 19.1 Å². The monoisotopic (exact) mass is 223 g/mol. The van der Waals surface area contributed by atoms with Gasteiger partial charge in [-0.1, -0.05) is 12.8 Å². The highest BCUT2D eigenvalue weighted by atomic mass is 16.4. The molecule has 0 aromatic heterocycles. The molecular weight excluding hydrogens is 202 g/mol. The Morgan fingerprint density at radius 2 is 1.94 bits per heavy atom. The molecule has 1 aliphatic heterocycles. The highest BCUT2D eigenvalue weighted by molar-refractivity contribution is 5.70. The zero-order valence-electron chi connectivity index (χ0n) is 9.82. The van der Waals surface area contributed by atoms with Crippen LogP contribution in [0.15, 0.2) is 0 Å². The summed E-state index contributed by atoms with van der Waals surface area (Å²) in [6.45, 7) is 2.51. The second-order valence-electron chi connectivity index (χ2n) is 6.11. The maximum Gasteiger partial charge on any atom is 0.306 e. The molecule has 1 N–H and O–H groups in total. The van der Waals surface area contributed by atoms with E-state index < -0.39 is 5.97 Å². The van der Waals surface area contributed by atoms with Gasteiger partial charge in [0.25, 0.3) is 0 Å². The number of carbonyl (C=O) groups is 1. The van der Waals surface area contributed by atoms with Crippen LogP contribution in [0.3, 0.4) is 0 Å². The molecule has 0 radical (unpaired) electrons. The van der Waals surface area contributed by atoms with Crippen LogP contribution < -0.4 is 0 Å². The largest absolute Gasteiger partial charge is 0.481 e. The maximum absolute atomic E-state index is 11.0. The van der Waals surface area contributed by atoms with E-state index >= 15 is 0 Å². The number of likely N-dealkylation sites (tertiary alicyclic amines) is 1. The predicted molar refractivity (Wildman–Crippen MR) is 61.2 cm³/mol. The first kappa shape index (κ1) is 10.6. The zero-order chi connectivity index (χ0) is 11.2. The van der Waals surface area contributed by atoms with Crippen molar-refractivity contribution < 1.29 is 9.90 Å². The molecule has 3 fully saturated rings. The normalized spacial score (nSPS) is 37.8. The van der Waals surface area contributed by atoms with E-state index in [1.165, 1.54) is 38.8 Å². The van der Waals surface area contributed by atoms with E-state index in [9.17, 15) is 4.79 Å². The number of carboxylic acids is 1. The first-order valence-corrected chi connectivity index (χ1v) is 6.65. The van der Waals surface area contributed by atoms with Crippen molar-refractivity contribution in [3.63, 3.8) is 0 Å². The van der Waals surface area contributed by atoms with E-state index in [1.54, 1.807) is 0 Å². The van der Waals surface area contributed by atoms with Crippen LogP contribution in [0.5, 0.6) is 0 Å². The minimum atomic E-state index is -0.580. The number of carboxylic acid groups (broad SMARTS) is 1. The summed E-state index contributed by atoms with van der Waals surface area (Å²) in [5, 5.41) is 9.07. The Hall–Kier alpha value is -0.570. The topological polar surface area (TPSA) is 40.5 Å². The highest BCUT2D eigenvalue weighted by Crippen LogP contribution is 2.50. The molecule has 0 aromatic rings. The standard InChI is InChI=1S/C13H21NO2/c15-12(16)10-3-1-4-11(7-10)14-8-13(9-14)5-2-6-13/h10-11H,1-9H2,(H,15,16). The van der Waals surface area contributed by atoms with Crippen molar-refractivity contribution in [3.05, 3.63) is 0 Å². The van der Waals surface area contributed by atoms with Crippen LogP contribution in [-0.4, -0.2) is 35.1 Å². The Kier molecular flexibility index (Phi) is 2.46. The minimum absolute atomic E-state index is 0.0725. The molecule has 3 heteroatoms. The fraction of sp³-hybridized carbons (Fsp3) is 0.923. The Bertz CT molecular complexity index is 290. The van der Waals surface area contributed by atoms with Crippen LogP contribution in [0.1, 0.15) is 44.9 Å². The predicted octanol–water partition coefficient (Wildman–Crippen LogP) is 2.12. The van der Waals surface area contributed by atoms with Crippen molar-refractivity contribution in [2.45, 2.75) is 51.0 Å². The van der Waals surface area contributed by atoms with Gasteiger partial charge in [-0.05, 0) is 37.5 Å². The van der Waals surface area contributed by atoms with Gasteiger partial charge in [-0.3, -0.25) is 9.69 Å². The van der Waals surface area contributed by atoms with Crippen LogP contribution in [-0.2, 0) is 4.79 Å². The summed E-state index contributed by atoms with van der Waals surface area (Å²) in [6.07, 6.45) is 8.36. The number of nitrogens with zero attached hydrogens (tertiary/aromatic N) is 1. The smallest absolute Gasteiger partial charge is 0.306 e. The summed E-state index contributed by atoms with van der Waals surface area (Å²) < 4.78 is 0. The molecule has 3 rings (SSSR count). The molecule has 3 aliphatic rings. The summed E-state index contributed by atoms with van der Waals surface area (Å²) in [7, 11) is 0. The minimum Gasteiger partial charge on any atom is -0.481 e. The van der Waals surface area contributed by atoms with Gasteiger partial charge in [-0.15, -0.1) is 0 Å². The van der Waals surface area contributed by atoms with E-state index in [0.717, 1.165) is 19.3 Å². The molecular formula is C13H21NO2. The fourth-order valence-corrected chi connectivity index (χ4v) is 3.79. The average molecular weight is 223 g/mol. The third-order valence-corrected chi connectivity index (χ3v) is 5.00. The summed E-state index contributed by atoms with van der Waals surface area (Å²) in [5.41, 5.74) is 0.677. The van der Waals surface area contributed by atoms with Crippen molar-refractivity contribution in [1.82, 2.24) is 4.90 Å². The van der Waals surface area contributed by atoms with Gasteiger partial charge in [0.05, 0.1) is 5.92 Å². The van der Waals surface area contributed by atoms with E-state index in [4.69, 9.17) is 5.11 Å². The third-order valence-electron chi connectivity index (χ3n) is 5.00. The summed E-state index contributed by atoms with van der Waals surface area (Å²) in [6, 6.07) is 0.570. The maximum atomic E-state index is 11.0. The second-order valence-corrected chi connectivity index (χ2v) is 6.11. The molecule has 90 valence electrons. The average Bonchev–Trinajstić information content (AvgIpc) is 2.14. The van der Waals surface area contributed by atoms with Crippen molar-refractivity contribution in [2.75, 3.05) is 13.1 Å². The molecule has 2 saturated carbocycles. The molecule has 0 amide bonds. The second kappa shape index (κ2) is 3.73. The Morgan fingerprint density at radius 1 is 1.19 bits per heavy atom. The van der Waals surface area contributed by atoms with Crippen molar-refractivity contribution in [2.24, 2.45) is 11.3 Å². The molecule has 16 heavy (non-hydrogen) atoms. The van der Waals surface area contributed by atoms with E-state index in [-0.39, 0.29) is 5.92 Å². The molecule has 2 atom stereocenters. The molecule has 2 unspecified atom stereocenters. The Labute approximate surface area is 96.8 Å². The van der Waals surface area contributed by atoms with Gasteiger partial charge in [0.15, 0.2) is 0 Å².